The molecular weight excluding hydrogens is 480 g/mol. The fourth-order valence-electron chi connectivity index (χ4n) is 4.81. The molecule has 0 saturated carbocycles. The quantitative estimate of drug-likeness (QED) is 0.320. The first kappa shape index (κ1) is 28.4. The minimum atomic E-state index is -1.50. The monoisotopic (exact) mass is 520 g/mol. The minimum Gasteiger partial charge on any atom is -0.384 e. The molecule has 4 atom stereocenters. The van der Waals surface area contributed by atoms with Gasteiger partial charge in [0.25, 0.3) is 0 Å². The molecule has 4 rings (SSSR count). The Bertz CT molecular complexity index is 1070. The van der Waals surface area contributed by atoms with Crippen LogP contribution in [0.3, 0.4) is 0 Å². The minimum absolute atomic E-state index is 0.241. The molecular formula is C32H40O6. The first-order chi connectivity index (χ1) is 18.4. The lowest BCUT2D eigenvalue weighted by Crippen LogP contribution is -2.63. The van der Waals surface area contributed by atoms with Crippen LogP contribution in [0.15, 0.2) is 91.0 Å². The van der Waals surface area contributed by atoms with Crippen LogP contribution in [0.25, 0.3) is 0 Å². The van der Waals surface area contributed by atoms with E-state index in [1.54, 1.807) is 7.11 Å². The Kier molecular flexibility index (Phi) is 10.1. The van der Waals surface area contributed by atoms with E-state index < -0.39 is 29.5 Å². The van der Waals surface area contributed by atoms with Crippen molar-refractivity contribution >= 4 is 0 Å². The van der Waals surface area contributed by atoms with Crippen molar-refractivity contribution in [2.45, 2.75) is 64.2 Å². The van der Waals surface area contributed by atoms with E-state index in [0.29, 0.717) is 26.4 Å². The second-order valence-corrected chi connectivity index (χ2v) is 10.6. The van der Waals surface area contributed by atoms with Gasteiger partial charge in [-0.25, -0.2) is 0 Å². The molecule has 3 aromatic carbocycles. The van der Waals surface area contributed by atoms with Gasteiger partial charge in [-0.2, -0.15) is 0 Å². The third-order valence-electron chi connectivity index (χ3n) is 7.11. The molecule has 1 saturated heterocycles. The van der Waals surface area contributed by atoms with Crippen molar-refractivity contribution < 1.29 is 28.8 Å². The maximum atomic E-state index is 11.9. The predicted molar refractivity (Wildman–Crippen MR) is 146 cm³/mol. The summed E-state index contributed by atoms with van der Waals surface area (Å²) in [5, 5.41) is 11.9. The van der Waals surface area contributed by atoms with Gasteiger partial charge in [-0.05, 0) is 16.7 Å². The van der Waals surface area contributed by atoms with Gasteiger partial charge in [-0.15, -0.1) is 0 Å². The van der Waals surface area contributed by atoms with Gasteiger partial charge in [0.1, 0.15) is 12.2 Å². The lowest BCUT2D eigenvalue weighted by molar-refractivity contribution is -0.359. The summed E-state index contributed by atoms with van der Waals surface area (Å²) in [6.45, 7) is 5.67. The highest BCUT2D eigenvalue weighted by molar-refractivity contribution is 5.15. The van der Waals surface area contributed by atoms with Crippen LogP contribution in [0.2, 0.25) is 0 Å². The molecule has 0 bridgehead atoms. The van der Waals surface area contributed by atoms with E-state index in [4.69, 9.17) is 23.7 Å². The maximum Gasteiger partial charge on any atom is 0.175 e. The fraction of sp³-hybridized carbons (Fsp3) is 0.438. The van der Waals surface area contributed by atoms with Crippen LogP contribution in [-0.2, 0) is 43.5 Å². The highest BCUT2D eigenvalue weighted by Gasteiger charge is 2.55. The summed E-state index contributed by atoms with van der Waals surface area (Å²) in [6.07, 6.45) is -1.20. The highest BCUT2D eigenvalue weighted by atomic mass is 16.7. The number of methoxy groups -OCH3 is 1. The van der Waals surface area contributed by atoms with Gasteiger partial charge in [0.15, 0.2) is 5.79 Å². The average molecular weight is 521 g/mol. The van der Waals surface area contributed by atoms with E-state index in [9.17, 15) is 5.11 Å². The molecule has 0 spiro atoms. The van der Waals surface area contributed by atoms with Crippen molar-refractivity contribution in [2.75, 3.05) is 20.3 Å². The zero-order chi connectivity index (χ0) is 26.8. The van der Waals surface area contributed by atoms with Gasteiger partial charge in [0.05, 0.1) is 39.1 Å². The van der Waals surface area contributed by atoms with Crippen molar-refractivity contribution in [2.24, 2.45) is 5.41 Å². The second kappa shape index (κ2) is 13.5. The second-order valence-electron chi connectivity index (χ2n) is 10.6. The molecule has 0 unspecified atom stereocenters. The van der Waals surface area contributed by atoms with Crippen LogP contribution < -0.4 is 0 Å². The number of aliphatic hydroxyl groups is 1. The maximum absolute atomic E-state index is 11.9. The summed E-state index contributed by atoms with van der Waals surface area (Å²) < 4.78 is 31.0. The van der Waals surface area contributed by atoms with Crippen molar-refractivity contribution in [3.05, 3.63) is 108 Å². The highest BCUT2D eigenvalue weighted by Crippen LogP contribution is 2.43. The Labute approximate surface area is 226 Å². The SMILES string of the molecule is COCC(C)(C)[C@]1(O)C[C@@H](OCc2ccccc2)[C@H](OCc2ccccc2)[C@@H](COCc2ccccc2)O1. The lowest BCUT2D eigenvalue weighted by atomic mass is 9.77. The van der Waals surface area contributed by atoms with Crippen LogP contribution >= 0.6 is 0 Å². The van der Waals surface area contributed by atoms with E-state index in [1.807, 2.05) is 105 Å². The van der Waals surface area contributed by atoms with Gasteiger partial charge >= 0.3 is 0 Å². The zero-order valence-electron chi connectivity index (χ0n) is 22.6. The number of hydrogen-bond donors (Lipinski definition) is 1. The number of benzene rings is 3. The molecule has 6 nitrogen and oxygen atoms in total. The van der Waals surface area contributed by atoms with Gasteiger partial charge in [0.2, 0.25) is 0 Å². The third kappa shape index (κ3) is 7.50. The van der Waals surface area contributed by atoms with E-state index in [2.05, 4.69) is 0 Å². The van der Waals surface area contributed by atoms with E-state index in [1.165, 1.54) is 0 Å². The predicted octanol–water partition coefficient (Wildman–Crippen LogP) is 5.52. The Morgan fingerprint density at radius 2 is 1.29 bits per heavy atom. The molecule has 0 aliphatic carbocycles. The summed E-state index contributed by atoms with van der Waals surface area (Å²) in [5.74, 6) is -1.50. The van der Waals surface area contributed by atoms with Gasteiger partial charge in [-0.1, -0.05) is 105 Å². The molecule has 38 heavy (non-hydrogen) atoms. The summed E-state index contributed by atoms with van der Waals surface area (Å²) in [6, 6.07) is 30.0. The molecule has 1 fully saturated rings. The van der Waals surface area contributed by atoms with Crippen LogP contribution in [0.5, 0.6) is 0 Å². The summed E-state index contributed by atoms with van der Waals surface area (Å²) in [4.78, 5) is 0. The topological polar surface area (TPSA) is 66.4 Å². The summed E-state index contributed by atoms with van der Waals surface area (Å²) >= 11 is 0. The van der Waals surface area contributed by atoms with Crippen LogP contribution in [-0.4, -0.2) is 49.5 Å². The Balaban J connectivity index is 1.57. The molecule has 1 N–H and O–H groups in total. The zero-order valence-corrected chi connectivity index (χ0v) is 22.6. The van der Waals surface area contributed by atoms with Gasteiger partial charge < -0.3 is 28.8 Å². The van der Waals surface area contributed by atoms with Crippen molar-refractivity contribution in [3.63, 3.8) is 0 Å². The standard InChI is InChI=1S/C32H40O6/c1-31(2,24-34-3)32(33)19-28(36-21-26-15-9-5-10-16-26)30(37-22-27-17-11-6-12-18-27)29(38-32)23-35-20-25-13-7-4-8-14-25/h4-18,28-30,33H,19-24H2,1-3H3/t28-,29-,30+,32+/m1/s1. The van der Waals surface area contributed by atoms with Gasteiger partial charge in [0, 0.05) is 18.9 Å². The van der Waals surface area contributed by atoms with E-state index >= 15 is 0 Å². The number of hydrogen-bond acceptors (Lipinski definition) is 6. The van der Waals surface area contributed by atoms with Gasteiger partial charge in [-0.3, -0.25) is 0 Å². The normalized spacial score (nSPS) is 23.8. The molecule has 0 radical (unpaired) electrons. The van der Waals surface area contributed by atoms with Crippen molar-refractivity contribution in [3.8, 4) is 0 Å². The first-order valence-corrected chi connectivity index (χ1v) is 13.2. The largest absolute Gasteiger partial charge is 0.384 e. The molecule has 1 aliphatic heterocycles. The Morgan fingerprint density at radius 1 is 0.789 bits per heavy atom. The smallest absolute Gasteiger partial charge is 0.175 e. The van der Waals surface area contributed by atoms with E-state index in [-0.39, 0.29) is 13.0 Å². The van der Waals surface area contributed by atoms with Crippen molar-refractivity contribution in [1.82, 2.24) is 0 Å². The van der Waals surface area contributed by atoms with Crippen LogP contribution in [0.1, 0.15) is 37.0 Å². The summed E-state index contributed by atoms with van der Waals surface area (Å²) in [5.41, 5.74) is 2.48. The number of rotatable bonds is 13. The molecule has 204 valence electrons. The molecule has 3 aromatic rings. The first-order valence-electron chi connectivity index (χ1n) is 13.2. The molecule has 0 aromatic heterocycles. The molecule has 6 heteroatoms. The molecule has 1 heterocycles. The van der Waals surface area contributed by atoms with Crippen LogP contribution in [0, 0.1) is 5.41 Å². The number of ether oxygens (including phenoxy) is 5. The lowest BCUT2D eigenvalue weighted by Gasteiger charge is -2.51. The summed E-state index contributed by atoms with van der Waals surface area (Å²) in [7, 11) is 1.63. The fourth-order valence-corrected chi connectivity index (χ4v) is 4.81. The Hall–Kier alpha value is -2.58. The Morgan fingerprint density at radius 3 is 1.82 bits per heavy atom. The van der Waals surface area contributed by atoms with Crippen LogP contribution in [0.4, 0.5) is 0 Å². The third-order valence-corrected chi connectivity index (χ3v) is 7.11. The molecule has 1 aliphatic rings. The average Bonchev–Trinajstić information content (AvgIpc) is 2.93. The van der Waals surface area contributed by atoms with E-state index in [0.717, 1.165) is 16.7 Å². The van der Waals surface area contributed by atoms with Crippen molar-refractivity contribution in [1.29, 1.82) is 0 Å². The molecule has 0 amide bonds.